The van der Waals surface area contributed by atoms with E-state index in [-0.39, 0.29) is 11.8 Å². The van der Waals surface area contributed by atoms with Crippen molar-refractivity contribution in [2.75, 3.05) is 50.7 Å². The molecule has 0 saturated carbocycles. The van der Waals surface area contributed by atoms with E-state index >= 15 is 0 Å². The van der Waals surface area contributed by atoms with E-state index in [4.69, 9.17) is 0 Å². The van der Waals surface area contributed by atoms with Gasteiger partial charge in [-0.1, -0.05) is 6.92 Å². The Morgan fingerprint density at radius 2 is 1.96 bits per heavy atom. The van der Waals surface area contributed by atoms with Gasteiger partial charge in [-0.15, -0.1) is 0 Å². The summed E-state index contributed by atoms with van der Waals surface area (Å²) in [6, 6.07) is 1.81. The number of anilines is 1. The molecule has 7 nitrogen and oxygen atoms in total. The predicted octanol–water partition coefficient (Wildman–Crippen LogP) is -0.172. The van der Waals surface area contributed by atoms with Crippen LogP contribution in [0.5, 0.6) is 0 Å². The maximum absolute atomic E-state index is 12.4. The molecular weight excluding hydrogens is 294 g/mol. The smallest absolute Gasteiger partial charge is 0.236 e. The number of nitrogens with zero attached hydrogens (tertiary/aromatic N) is 5. The highest BCUT2D eigenvalue weighted by Gasteiger charge is 2.40. The molecule has 0 aromatic carbocycles. The van der Waals surface area contributed by atoms with E-state index in [2.05, 4.69) is 19.8 Å². The zero-order valence-electron chi connectivity index (χ0n) is 13.9. The summed E-state index contributed by atoms with van der Waals surface area (Å²) in [6.45, 7) is 8.60. The van der Waals surface area contributed by atoms with Crippen molar-refractivity contribution >= 4 is 11.9 Å². The van der Waals surface area contributed by atoms with Gasteiger partial charge in [0, 0.05) is 57.6 Å². The molecule has 3 heterocycles. The van der Waals surface area contributed by atoms with Crippen LogP contribution in [0.25, 0.3) is 0 Å². The molecule has 0 radical (unpaired) electrons. The lowest BCUT2D eigenvalue weighted by Gasteiger charge is -2.35. The first kappa shape index (κ1) is 16.1. The number of aliphatic hydroxyl groups is 1. The second-order valence-corrected chi connectivity index (χ2v) is 6.84. The SMILES string of the molecule is C[C@@H]1CN(C(=O)CN2CCN(c3ncccn3)CC2)C[C@]1(C)O. The highest BCUT2D eigenvalue weighted by atomic mass is 16.3. The van der Waals surface area contributed by atoms with Crippen LogP contribution >= 0.6 is 0 Å². The molecule has 126 valence electrons. The zero-order chi connectivity index (χ0) is 16.4. The minimum absolute atomic E-state index is 0.110. The lowest BCUT2D eigenvalue weighted by atomic mass is 9.95. The molecule has 0 aliphatic carbocycles. The summed E-state index contributed by atoms with van der Waals surface area (Å²) in [6.07, 6.45) is 3.50. The zero-order valence-corrected chi connectivity index (χ0v) is 13.9. The second kappa shape index (κ2) is 6.41. The highest BCUT2D eigenvalue weighted by Crippen LogP contribution is 2.26. The van der Waals surface area contributed by atoms with Crippen molar-refractivity contribution in [3.8, 4) is 0 Å². The van der Waals surface area contributed by atoms with E-state index in [0.717, 1.165) is 32.1 Å². The molecule has 2 aliphatic rings. The first-order chi connectivity index (χ1) is 11.0. The van der Waals surface area contributed by atoms with Crippen molar-refractivity contribution in [1.29, 1.82) is 0 Å². The van der Waals surface area contributed by atoms with Crippen LogP contribution in [-0.2, 0) is 4.79 Å². The van der Waals surface area contributed by atoms with E-state index in [9.17, 15) is 9.90 Å². The Bertz CT molecular complexity index is 543. The number of rotatable bonds is 3. The van der Waals surface area contributed by atoms with Gasteiger partial charge in [0.25, 0.3) is 0 Å². The van der Waals surface area contributed by atoms with Crippen LogP contribution in [0.2, 0.25) is 0 Å². The molecule has 3 rings (SSSR count). The van der Waals surface area contributed by atoms with Crippen molar-refractivity contribution < 1.29 is 9.90 Å². The molecule has 0 spiro atoms. The van der Waals surface area contributed by atoms with Crippen LogP contribution < -0.4 is 4.90 Å². The van der Waals surface area contributed by atoms with Gasteiger partial charge in [0.15, 0.2) is 0 Å². The molecule has 0 unspecified atom stereocenters. The minimum Gasteiger partial charge on any atom is -0.388 e. The minimum atomic E-state index is -0.765. The molecular formula is C16H25N5O2. The molecule has 2 atom stereocenters. The predicted molar refractivity (Wildman–Crippen MR) is 87.1 cm³/mol. The maximum Gasteiger partial charge on any atom is 0.236 e. The first-order valence-corrected chi connectivity index (χ1v) is 8.20. The Hall–Kier alpha value is -1.73. The van der Waals surface area contributed by atoms with Gasteiger partial charge in [0.2, 0.25) is 11.9 Å². The molecule has 7 heteroatoms. The van der Waals surface area contributed by atoms with Crippen LogP contribution in [0.1, 0.15) is 13.8 Å². The standard InChI is InChI=1S/C16H25N5O2/c1-13-10-21(12-16(13,2)23)14(22)11-19-6-8-20(9-7-19)15-17-4-3-5-18-15/h3-5,13,23H,6-12H2,1-2H3/t13-,16+/m1/s1. The van der Waals surface area contributed by atoms with Gasteiger partial charge >= 0.3 is 0 Å². The first-order valence-electron chi connectivity index (χ1n) is 8.20. The lowest BCUT2D eigenvalue weighted by Crippen LogP contribution is -2.50. The van der Waals surface area contributed by atoms with Crippen LogP contribution in [0, 0.1) is 5.92 Å². The second-order valence-electron chi connectivity index (χ2n) is 6.84. The normalized spacial score (nSPS) is 29.1. The fraction of sp³-hybridized carbons (Fsp3) is 0.688. The molecule has 1 amide bonds. The molecule has 2 saturated heterocycles. The molecule has 1 aromatic heterocycles. The van der Waals surface area contributed by atoms with E-state index in [1.165, 1.54) is 0 Å². The fourth-order valence-electron chi connectivity index (χ4n) is 3.18. The van der Waals surface area contributed by atoms with E-state index in [0.29, 0.717) is 19.6 Å². The highest BCUT2D eigenvalue weighted by molar-refractivity contribution is 5.78. The number of hydrogen-bond acceptors (Lipinski definition) is 6. The maximum atomic E-state index is 12.4. The molecule has 23 heavy (non-hydrogen) atoms. The van der Waals surface area contributed by atoms with E-state index in [1.807, 2.05) is 19.9 Å². The number of carbonyl (C=O) groups is 1. The van der Waals surface area contributed by atoms with Crippen LogP contribution in [0.3, 0.4) is 0 Å². The number of β-amino-alcohol motifs (C(OH)–C–C–N with tert-alkyl or cyclic N) is 1. The van der Waals surface area contributed by atoms with Gasteiger partial charge < -0.3 is 14.9 Å². The number of amides is 1. The largest absolute Gasteiger partial charge is 0.388 e. The molecule has 2 fully saturated rings. The topological polar surface area (TPSA) is 72.8 Å². The monoisotopic (exact) mass is 319 g/mol. The van der Waals surface area contributed by atoms with Gasteiger partial charge in [0.1, 0.15) is 0 Å². The molecule has 0 bridgehead atoms. The average molecular weight is 319 g/mol. The van der Waals surface area contributed by atoms with Crippen molar-refractivity contribution in [2.45, 2.75) is 19.4 Å². The van der Waals surface area contributed by atoms with Crippen LogP contribution in [-0.4, -0.2) is 82.2 Å². The Morgan fingerprint density at radius 3 is 2.52 bits per heavy atom. The van der Waals surface area contributed by atoms with Crippen molar-refractivity contribution in [3.05, 3.63) is 18.5 Å². The molecule has 1 aromatic rings. The van der Waals surface area contributed by atoms with E-state index in [1.54, 1.807) is 17.3 Å². The summed E-state index contributed by atoms with van der Waals surface area (Å²) in [5.41, 5.74) is -0.765. The summed E-state index contributed by atoms with van der Waals surface area (Å²) < 4.78 is 0. The van der Waals surface area contributed by atoms with Gasteiger partial charge in [0.05, 0.1) is 12.1 Å². The fourth-order valence-corrected chi connectivity index (χ4v) is 3.18. The Morgan fingerprint density at radius 1 is 1.30 bits per heavy atom. The number of aromatic nitrogens is 2. The van der Waals surface area contributed by atoms with E-state index < -0.39 is 5.60 Å². The van der Waals surface area contributed by atoms with Gasteiger partial charge in [-0.05, 0) is 13.0 Å². The van der Waals surface area contributed by atoms with Crippen molar-refractivity contribution in [1.82, 2.24) is 19.8 Å². The van der Waals surface area contributed by atoms with Crippen LogP contribution in [0.4, 0.5) is 5.95 Å². The van der Waals surface area contributed by atoms with Crippen molar-refractivity contribution in [2.24, 2.45) is 5.92 Å². The van der Waals surface area contributed by atoms with Gasteiger partial charge in [-0.3, -0.25) is 9.69 Å². The van der Waals surface area contributed by atoms with Crippen LogP contribution in [0.15, 0.2) is 18.5 Å². The summed E-state index contributed by atoms with van der Waals surface area (Å²) in [4.78, 5) is 27.1. The number of piperazine rings is 1. The number of likely N-dealkylation sites (tertiary alicyclic amines) is 1. The summed E-state index contributed by atoms with van der Waals surface area (Å²) >= 11 is 0. The Kier molecular flexibility index (Phi) is 4.50. The lowest BCUT2D eigenvalue weighted by molar-refractivity contribution is -0.132. The summed E-state index contributed by atoms with van der Waals surface area (Å²) in [5.74, 6) is 0.987. The third-order valence-corrected chi connectivity index (χ3v) is 4.99. The molecule has 1 N–H and O–H groups in total. The average Bonchev–Trinajstić information content (AvgIpc) is 2.83. The number of carbonyl (C=O) groups excluding carboxylic acids is 1. The Balaban J connectivity index is 1.48. The van der Waals surface area contributed by atoms with Crippen molar-refractivity contribution in [3.63, 3.8) is 0 Å². The molecule has 2 aliphatic heterocycles. The van der Waals surface area contributed by atoms with Gasteiger partial charge in [-0.2, -0.15) is 0 Å². The third-order valence-electron chi connectivity index (χ3n) is 4.99. The quantitative estimate of drug-likeness (QED) is 0.834. The third kappa shape index (κ3) is 3.61. The Labute approximate surface area is 136 Å². The van der Waals surface area contributed by atoms with Gasteiger partial charge in [-0.25, -0.2) is 9.97 Å². The summed E-state index contributed by atoms with van der Waals surface area (Å²) in [7, 11) is 0. The number of hydrogen-bond donors (Lipinski definition) is 1. The summed E-state index contributed by atoms with van der Waals surface area (Å²) in [5, 5.41) is 10.2.